The molecule has 4 fully saturated rings. The molecule has 4 aliphatic carbocycles. The lowest BCUT2D eigenvalue weighted by atomic mass is 9.54. The third-order valence-electron chi connectivity index (χ3n) is 9.94. The standard InChI is InChI=1S/C25H42/c1-6-7-8-18(3)21-9-10-22-20-16-19-15-17(2)11-13-24(19,4)23(20)12-14-25(21,22)5/h8,17,19-23H,6-7,9-16H2,1-5H3/b18-8+. The van der Waals surface area contributed by atoms with Gasteiger partial charge in [0, 0.05) is 0 Å². The summed E-state index contributed by atoms with van der Waals surface area (Å²) < 4.78 is 0. The Hall–Kier alpha value is -0.260. The Labute approximate surface area is 157 Å². The van der Waals surface area contributed by atoms with Gasteiger partial charge in [-0.2, -0.15) is 0 Å². The van der Waals surface area contributed by atoms with Crippen LogP contribution in [0, 0.1) is 46.3 Å². The molecule has 25 heavy (non-hydrogen) atoms. The Morgan fingerprint density at radius 1 is 0.960 bits per heavy atom. The highest BCUT2D eigenvalue weighted by Crippen LogP contribution is 2.70. The molecule has 0 spiro atoms. The smallest absolute Gasteiger partial charge is 0.0149 e. The van der Waals surface area contributed by atoms with Crippen LogP contribution in [0.15, 0.2) is 11.6 Å². The van der Waals surface area contributed by atoms with Gasteiger partial charge in [-0.3, -0.25) is 0 Å². The van der Waals surface area contributed by atoms with Gasteiger partial charge in [-0.25, -0.2) is 0 Å². The summed E-state index contributed by atoms with van der Waals surface area (Å²) in [5, 5.41) is 0. The molecule has 8 unspecified atom stereocenters. The van der Waals surface area contributed by atoms with Crippen molar-refractivity contribution in [3.63, 3.8) is 0 Å². The second-order valence-corrected chi connectivity index (χ2v) is 11.1. The molecule has 4 saturated carbocycles. The fraction of sp³-hybridized carbons (Fsp3) is 0.920. The van der Waals surface area contributed by atoms with Crippen molar-refractivity contribution in [2.45, 2.75) is 98.8 Å². The van der Waals surface area contributed by atoms with Gasteiger partial charge >= 0.3 is 0 Å². The summed E-state index contributed by atoms with van der Waals surface area (Å²) in [5.74, 6) is 6.06. The molecule has 142 valence electrons. The molecule has 0 radical (unpaired) electrons. The van der Waals surface area contributed by atoms with Crippen molar-refractivity contribution in [2.24, 2.45) is 46.3 Å². The second kappa shape index (κ2) is 6.42. The van der Waals surface area contributed by atoms with Crippen LogP contribution in [0.25, 0.3) is 0 Å². The minimum Gasteiger partial charge on any atom is -0.0853 e. The predicted octanol–water partition coefficient (Wildman–Crippen LogP) is 7.64. The second-order valence-electron chi connectivity index (χ2n) is 11.1. The molecule has 0 aromatic carbocycles. The molecule has 0 bridgehead atoms. The SMILES string of the molecule is CCC/C=C(\C)C1CCC2C3CC4CC(C)CCC4(C)C3CCC12C. The Morgan fingerprint density at radius 3 is 2.44 bits per heavy atom. The zero-order valence-corrected chi connectivity index (χ0v) is 17.6. The Kier molecular flexibility index (Phi) is 4.65. The summed E-state index contributed by atoms with van der Waals surface area (Å²) in [6.07, 6.45) is 17.4. The van der Waals surface area contributed by atoms with Crippen molar-refractivity contribution in [3.8, 4) is 0 Å². The summed E-state index contributed by atoms with van der Waals surface area (Å²) >= 11 is 0. The predicted molar refractivity (Wildman–Crippen MR) is 108 cm³/mol. The van der Waals surface area contributed by atoms with E-state index in [9.17, 15) is 0 Å². The molecule has 0 N–H and O–H groups in total. The van der Waals surface area contributed by atoms with Crippen molar-refractivity contribution in [1.29, 1.82) is 0 Å². The van der Waals surface area contributed by atoms with E-state index in [2.05, 4.69) is 40.7 Å². The third kappa shape index (κ3) is 2.68. The molecular formula is C25H42. The van der Waals surface area contributed by atoms with Crippen molar-refractivity contribution < 1.29 is 0 Å². The molecule has 4 rings (SSSR count). The first-order valence-electron chi connectivity index (χ1n) is 11.6. The van der Waals surface area contributed by atoms with Gasteiger partial charge in [0.15, 0.2) is 0 Å². The molecule has 4 aliphatic rings. The van der Waals surface area contributed by atoms with E-state index < -0.39 is 0 Å². The largest absolute Gasteiger partial charge is 0.0853 e. The zero-order valence-electron chi connectivity index (χ0n) is 17.6. The summed E-state index contributed by atoms with van der Waals surface area (Å²) in [5.41, 5.74) is 3.05. The first-order valence-corrected chi connectivity index (χ1v) is 11.6. The van der Waals surface area contributed by atoms with Gasteiger partial charge in [-0.15, -0.1) is 0 Å². The minimum absolute atomic E-state index is 0.616. The lowest BCUT2D eigenvalue weighted by molar-refractivity contribution is -0.0116. The van der Waals surface area contributed by atoms with Gasteiger partial charge < -0.3 is 0 Å². The van der Waals surface area contributed by atoms with Gasteiger partial charge in [0.05, 0.1) is 0 Å². The van der Waals surface area contributed by atoms with Gasteiger partial charge in [-0.1, -0.05) is 52.2 Å². The highest BCUT2D eigenvalue weighted by atomic mass is 14.7. The summed E-state index contributed by atoms with van der Waals surface area (Å²) in [6.45, 7) is 12.7. The molecule has 0 saturated heterocycles. The number of allylic oxidation sites excluding steroid dienone is 2. The van der Waals surface area contributed by atoms with Crippen LogP contribution in [0.5, 0.6) is 0 Å². The molecular weight excluding hydrogens is 300 g/mol. The lowest BCUT2D eigenvalue weighted by Gasteiger charge is -2.51. The maximum Gasteiger partial charge on any atom is -0.0149 e. The van der Waals surface area contributed by atoms with Crippen LogP contribution in [0.2, 0.25) is 0 Å². The molecule has 0 aromatic rings. The van der Waals surface area contributed by atoms with Crippen LogP contribution >= 0.6 is 0 Å². The zero-order chi connectivity index (χ0) is 17.8. The first kappa shape index (κ1) is 18.1. The average molecular weight is 343 g/mol. The van der Waals surface area contributed by atoms with Crippen molar-refractivity contribution in [3.05, 3.63) is 11.6 Å². The van der Waals surface area contributed by atoms with Crippen LogP contribution in [0.1, 0.15) is 98.8 Å². The number of unbranched alkanes of at least 4 members (excludes halogenated alkanes) is 1. The van der Waals surface area contributed by atoms with E-state index in [4.69, 9.17) is 0 Å². The van der Waals surface area contributed by atoms with E-state index >= 15 is 0 Å². The maximum atomic E-state index is 2.70. The summed E-state index contributed by atoms with van der Waals surface area (Å²) in [4.78, 5) is 0. The van der Waals surface area contributed by atoms with Gasteiger partial charge in [0.2, 0.25) is 0 Å². The lowest BCUT2D eigenvalue weighted by Crippen LogP contribution is -2.43. The topological polar surface area (TPSA) is 0 Å². The number of hydrogen-bond donors (Lipinski definition) is 0. The van der Waals surface area contributed by atoms with Crippen LogP contribution in [-0.2, 0) is 0 Å². The van der Waals surface area contributed by atoms with Crippen molar-refractivity contribution in [2.75, 3.05) is 0 Å². The van der Waals surface area contributed by atoms with E-state index in [1.54, 1.807) is 12.0 Å². The van der Waals surface area contributed by atoms with E-state index in [-0.39, 0.29) is 0 Å². The fourth-order valence-corrected chi connectivity index (χ4v) is 8.51. The monoisotopic (exact) mass is 342 g/mol. The highest BCUT2D eigenvalue weighted by molar-refractivity contribution is 5.18. The molecule has 0 heterocycles. The summed E-state index contributed by atoms with van der Waals surface area (Å²) in [7, 11) is 0. The van der Waals surface area contributed by atoms with E-state index in [0.717, 1.165) is 35.5 Å². The first-order chi connectivity index (χ1) is 11.9. The Balaban J connectivity index is 1.57. The molecule has 0 aromatic heterocycles. The van der Waals surface area contributed by atoms with Crippen LogP contribution < -0.4 is 0 Å². The van der Waals surface area contributed by atoms with Crippen LogP contribution in [-0.4, -0.2) is 0 Å². The Bertz CT molecular complexity index is 530. The van der Waals surface area contributed by atoms with Gasteiger partial charge in [0.25, 0.3) is 0 Å². The number of hydrogen-bond acceptors (Lipinski definition) is 0. The molecule has 0 aliphatic heterocycles. The fourth-order valence-electron chi connectivity index (χ4n) is 8.51. The van der Waals surface area contributed by atoms with E-state index in [1.165, 1.54) is 57.8 Å². The van der Waals surface area contributed by atoms with Crippen molar-refractivity contribution in [1.82, 2.24) is 0 Å². The quantitative estimate of drug-likeness (QED) is 0.462. The minimum atomic E-state index is 0.616. The number of fused-ring (bicyclic) bond motifs is 5. The highest BCUT2D eigenvalue weighted by Gasteiger charge is 2.62. The van der Waals surface area contributed by atoms with E-state index in [1.807, 2.05) is 0 Å². The van der Waals surface area contributed by atoms with Gasteiger partial charge in [-0.05, 0) is 105 Å². The van der Waals surface area contributed by atoms with Gasteiger partial charge in [0.1, 0.15) is 0 Å². The van der Waals surface area contributed by atoms with E-state index in [0.29, 0.717) is 10.8 Å². The normalized spacial score (nSPS) is 52.6. The maximum absolute atomic E-state index is 2.70. The molecule has 8 atom stereocenters. The molecule has 0 amide bonds. The van der Waals surface area contributed by atoms with Crippen molar-refractivity contribution >= 4 is 0 Å². The molecule has 0 nitrogen and oxygen atoms in total. The van der Waals surface area contributed by atoms with Crippen LogP contribution in [0.3, 0.4) is 0 Å². The molecule has 0 heteroatoms. The van der Waals surface area contributed by atoms with Crippen LogP contribution in [0.4, 0.5) is 0 Å². The average Bonchev–Trinajstić information content (AvgIpc) is 3.07. The Morgan fingerprint density at radius 2 is 1.68 bits per heavy atom. The summed E-state index contributed by atoms with van der Waals surface area (Å²) in [6, 6.07) is 0. The number of rotatable bonds is 3. The third-order valence-corrected chi connectivity index (χ3v) is 9.94.